The van der Waals surface area contributed by atoms with Crippen LogP contribution in [0, 0.1) is 0 Å². The van der Waals surface area contributed by atoms with Crippen molar-refractivity contribution in [3.05, 3.63) is 52.0 Å². The summed E-state index contributed by atoms with van der Waals surface area (Å²) in [6.07, 6.45) is 0.821. The summed E-state index contributed by atoms with van der Waals surface area (Å²) in [7, 11) is 3.22. The summed E-state index contributed by atoms with van der Waals surface area (Å²) in [5.41, 5.74) is 4.77. The summed E-state index contributed by atoms with van der Waals surface area (Å²) in [5.74, 6) is 1.55. The van der Waals surface area contributed by atoms with Crippen LogP contribution in [0.2, 0.25) is 0 Å². The first-order chi connectivity index (χ1) is 11.1. The number of ether oxygens (including phenoxy) is 2. The molecule has 0 bridgehead atoms. The van der Waals surface area contributed by atoms with Crippen LogP contribution in [0.5, 0.6) is 17.2 Å². The number of benzene rings is 3. The van der Waals surface area contributed by atoms with Crippen molar-refractivity contribution in [2.24, 2.45) is 0 Å². The van der Waals surface area contributed by atoms with Gasteiger partial charge in [0.2, 0.25) is 0 Å². The number of methoxy groups -OCH3 is 2. The molecule has 0 aliphatic heterocycles. The molecule has 3 nitrogen and oxygen atoms in total. The van der Waals surface area contributed by atoms with Crippen molar-refractivity contribution in [2.75, 3.05) is 14.2 Å². The molecular formula is C19H15BrO3. The highest BCUT2D eigenvalue weighted by atomic mass is 79.9. The Balaban J connectivity index is 2.09. The first kappa shape index (κ1) is 14.4. The summed E-state index contributed by atoms with van der Waals surface area (Å²) < 4.78 is 11.9. The minimum Gasteiger partial charge on any atom is -0.507 e. The Labute approximate surface area is 142 Å². The quantitative estimate of drug-likeness (QED) is 0.545. The third-order valence-electron chi connectivity index (χ3n) is 4.42. The molecule has 4 heteroatoms. The number of rotatable bonds is 2. The van der Waals surface area contributed by atoms with Gasteiger partial charge in [-0.2, -0.15) is 0 Å². The van der Waals surface area contributed by atoms with E-state index >= 15 is 0 Å². The Kier molecular flexibility index (Phi) is 3.23. The topological polar surface area (TPSA) is 38.7 Å². The highest BCUT2D eigenvalue weighted by Crippen LogP contribution is 2.47. The zero-order valence-corrected chi connectivity index (χ0v) is 14.4. The zero-order valence-electron chi connectivity index (χ0n) is 12.8. The Hall–Kier alpha value is -2.20. The molecule has 0 saturated carbocycles. The molecule has 3 aromatic rings. The molecule has 4 rings (SSSR count). The number of phenolic OH excluding ortho intramolecular Hbond substituents is 1. The molecule has 0 amide bonds. The first-order valence-electron chi connectivity index (χ1n) is 7.31. The molecule has 0 fully saturated rings. The lowest BCUT2D eigenvalue weighted by molar-refractivity contribution is 0.355. The monoisotopic (exact) mass is 370 g/mol. The van der Waals surface area contributed by atoms with E-state index in [2.05, 4.69) is 28.1 Å². The maximum atomic E-state index is 10.4. The summed E-state index contributed by atoms with van der Waals surface area (Å²) >= 11 is 3.53. The first-order valence-corrected chi connectivity index (χ1v) is 8.11. The molecule has 1 N–H and O–H groups in total. The lowest BCUT2D eigenvalue weighted by Crippen LogP contribution is -1.92. The molecule has 0 radical (unpaired) electrons. The molecule has 0 saturated heterocycles. The number of hydrogen-bond acceptors (Lipinski definition) is 3. The van der Waals surface area contributed by atoms with Crippen molar-refractivity contribution in [3.63, 3.8) is 0 Å². The molecule has 116 valence electrons. The molecule has 1 aliphatic carbocycles. The summed E-state index contributed by atoms with van der Waals surface area (Å²) in [5, 5.41) is 12.2. The summed E-state index contributed by atoms with van der Waals surface area (Å²) in [4.78, 5) is 0. The van der Waals surface area contributed by atoms with Gasteiger partial charge < -0.3 is 14.6 Å². The number of fused-ring (bicyclic) bond motifs is 5. The number of hydrogen-bond donors (Lipinski definition) is 1. The van der Waals surface area contributed by atoms with Crippen molar-refractivity contribution in [1.29, 1.82) is 0 Å². The molecule has 0 atom stereocenters. The number of aromatic hydroxyl groups is 1. The van der Waals surface area contributed by atoms with Crippen LogP contribution in [0.25, 0.3) is 21.9 Å². The van der Waals surface area contributed by atoms with E-state index < -0.39 is 0 Å². The fraction of sp³-hybridized carbons (Fsp3) is 0.158. The summed E-state index contributed by atoms with van der Waals surface area (Å²) in [6, 6.07) is 12.0. The largest absolute Gasteiger partial charge is 0.507 e. The van der Waals surface area contributed by atoms with Crippen molar-refractivity contribution in [1.82, 2.24) is 0 Å². The highest BCUT2D eigenvalue weighted by Gasteiger charge is 2.24. The fourth-order valence-electron chi connectivity index (χ4n) is 3.40. The average Bonchev–Trinajstić information content (AvgIpc) is 2.90. The van der Waals surface area contributed by atoms with E-state index in [4.69, 9.17) is 9.47 Å². The molecule has 0 spiro atoms. The highest BCUT2D eigenvalue weighted by molar-refractivity contribution is 9.10. The molecule has 0 unspecified atom stereocenters. The lowest BCUT2D eigenvalue weighted by atomic mass is 9.96. The zero-order chi connectivity index (χ0) is 16.1. The lowest BCUT2D eigenvalue weighted by Gasteiger charge is -2.13. The normalized spacial score (nSPS) is 12.1. The van der Waals surface area contributed by atoms with Crippen LogP contribution in [-0.4, -0.2) is 19.3 Å². The number of halogens is 1. The van der Waals surface area contributed by atoms with Crippen LogP contribution in [-0.2, 0) is 6.42 Å². The Morgan fingerprint density at radius 3 is 2.30 bits per heavy atom. The molecule has 23 heavy (non-hydrogen) atoms. The van der Waals surface area contributed by atoms with Gasteiger partial charge in [0.25, 0.3) is 0 Å². The van der Waals surface area contributed by atoms with Gasteiger partial charge >= 0.3 is 0 Å². The second kappa shape index (κ2) is 5.17. The van der Waals surface area contributed by atoms with Gasteiger partial charge in [0.1, 0.15) is 5.75 Å². The van der Waals surface area contributed by atoms with Crippen LogP contribution >= 0.6 is 15.9 Å². The molecule has 1 aliphatic rings. The van der Waals surface area contributed by atoms with Gasteiger partial charge in [-0.3, -0.25) is 0 Å². The predicted molar refractivity (Wildman–Crippen MR) is 94.7 cm³/mol. The van der Waals surface area contributed by atoms with E-state index in [0.717, 1.165) is 27.2 Å². The van der Waals surface area contributed by atoms with Crippen LogP contribution < -0.4 is 9.47 Å². The molecule has 3 aromatic carbocycles. The van der Waals surface area contributed by atoms with Gasteiger partial charge in [-0.15, -0.1) is 0 Å². The minimum atomic E-state index is 0.270. The van der Waals surface area contributed by atoms with Crippen molar-refractivity contribution in [3.8, 4) is 28.4 Å². The van der Waals surface area contributed by atoms with Gasteiger partial charge in [0, 0.05) is 9.86 Å². The van der Waals surface area contributed by atoms with Crippen LogP contribution in [0.3, 0.4) is 0 Å². The second-order valence-corrected chi connectivity index (χ2v) is 6.58. The number of phenols is 1. The van der Waals surface area contributed by atoms with E-state index in [9.17, 15) is 5.11 Å². The SMILES string of the molecule is COc1cc2c(O)cc3c(c2cc1OC)-c1ccc(Br)cc1C3. The standard InChI is InChI=1S/C19H15BrO3/c1-22-17-8-14-15(9-18(17)23-2)19-11(7-16(14)21)5-10-6-12(20)3-4-13(10)19/h3-4,6-9,21H,5H2,1-2H3. The molecule has 0 heterocycles. The summed E-state index contributed by atoms with van der Waals surface area (Å²) in [6.45, 7) is 0. The van der Waals surface area contributed by atoms with E-state index in [1.54, 1.807) is 14.2 Å². The van der Waals surface area contributed by atoms with Crippen LogP contribution in [0.15, 0.2) is 40.9 Å². The van der Waals surface area contributed by atoms with E-state index in [1.165, 1.54) is 16.7 Å². The van der Waals surface area contributed by atoms with Crippen molar-refractivity contribution < 1.29 is 14.6 Å². The van der Waals surface area contributed by atoms with Gasteiger partial charge in [-0.1, -0.05) is 22.0 Å². The van der Waals surface area contributed by atoms with E-state index in [0.29, 0.717) is 11.5 Å². The second-order valence-electron chi connectivity index (χ2n) is 5.66. The van der Waals surface area contributed by atoms with Crippen molar-refractivity contribution in [2.45, 2.75) is 6.42 Å². The van der Waals surface area contributed by atoms with Crippen molar-refractivity contribution >= 4 is 26.7 Å². The Bertz CT molecular complexity index is 947. The minimum absolute atomic E-state index is 0.270. The van der Waals surface area contributed by atoms with Crippen LogP contribution in [0.4, 0.5) is 0 Å². The van der Waals surface area contributed by atoms with Gasteiger partial charge in [0.05, 0.1) is 14.2 Å². The molecular weight excluding hydrogens is 356 g/mol. The van der Waals surface area contributed by atoms with E-state index in [1.807, 2.05) is 24.3 Å². The van der Waals surface area contributed by atoms with Gasteiger partial charge in [-0.05, 0) is 64.4 Å². The Morgan fingerprint density at radius 1 is 0.913 bits per heavy atom. The fourth-order valence-corrected chi connectivity index (χ4v) is 3.81. The predicted octanol–water partition coefficient (Wildman–Crippen LogP) is 4.90. The maximum Gasteiger partial charge on any atom is 0.161 e. The van der Waals surface area contributed by atoms with Gasteiger partial charge in [-0.25, -0.2) is 0 Å². The van der Waals surface area contributed by atoms with Gasteiger partial charge in [0.15, 0.2) is 11.5 Å². The maximum absolute atomic E-state index is 10.4. The third-order valence-corrected chi connectivity index (χ3v) is 4.91. The van der Waals surface area contributed by atoms with Crippen LogP contribution in [0.1, 0.15) is 11.1 Å². The van der Waals surface area contributed by atoms with E-state index in [-0.39, 0.29) is 5.75 Å². The third kappa shape index (κ3) is 2.09. The Morgan fingerprint density at radius 2 is 1.61 bits per heavy atom. The molecule has 0 aromatic heterocycles. The smallest absolute Gasteiger partial charge is 0.161 e. The average molecular weight is 371 g/mol.